The molecule has 0 saturated heterocycles. The first-order valence-electron chi connectivity index (χ1n) is 6.05. The molecule has 0 amide bonds. The van der Waals surface area contributed by atoms with Gasteiger partial charge in [-0.05, 0) is 23.8 Å². The Morgan fingerprint density at radius 1 is 1.47 bits per heavy atom. The lowest BCUT2D eigenvalue weighted by Crippen LogP contribution is -2.26. The average Bonchev–Trinajstić information content (AvgIpc) is 2.39. The van der Waals surface area contributed by atoms with E-state index in [1.165, 1.54) is 22.6 Å². The topological polar surface area (TPSA) is 12.0 Å². The van der Waals surface area contributed by atoms with Gasteiger partial charge in [0, 0.05) is 29.0 Å². The van der Waals surface area contributed by atoms with Gasteiger partial charge in [0.25, 0.3) is 0 Å². The largest absolute Gasteiger partial charge is 0.309 e. The third-order valence-corrected chi connectivity index (χ3v) is 4.92. The van der Waals surface area contributed by atoms with E-state index in [0.29, 0.717) is 6.04 Å². The van der Waals surface area contributed by atoms with Crippen molar-refractivity contribution in [1.29, 1.82) is 0 Å². The third-order valence-electron chi connectivity index (χ3n) is 2.83. The van der Waals surface area contributed by atoms with Crippen LogP contribution < -0.4 is 5.32 Å². The summed E-state index contributed by atoms with van der Waals surface area (Å²) in [6, 6.07) is 9.33. The monoisotopic (exact) mass is 265 g/mol. The van der Waals surface area contributed by atoms with E-state index in [9.17, 15) is 0 Å². The van der Waals surface area contributed by atoms with Crippen molar-refractivity contribution in [1.82, 2.24) is 5.32 Å². The van der Waals surface area contributed by atoms with E-state index in [1.807, 2.05) is 29.6 Å². The zero-order valence-electron chi connectivity index (χ0n) is 10.0. The number of thioether (sulfide) groups is 2. The van der Waals surface area contributed by atoms with E-state index in [-0.39, 0.29) is 0 Å². The molecule has 1 N–H and O–H groups in total. The van der Waals surface area contributed by atoms with Crippen molar-refractivity contribution in [2.75, 3.05) is 23.8 Å². The van der Waals surface area contributed by atoms with Gasteiger partial charge in [-0.3, -0.25) is 0 Å². The van der Waals surface area contributed by atoms with Gasteiger partial charge in [0.15, 0.2) is 0 Å². The molecule has 0 spiro atoms. The second-order valence-corrected chi connectivity index (χ2v) is 6.33. The Morgan fingerprint density at radius 2 is 2.35 bits per heavy atom. The highest BCUT2D eigenvalue weighted by Crippen LogP contribution is 2.35. The van der Waals surface area contributed by atoms with Gasteiger partial charge in [-0.1, -0.05) is 24.3 Å². The maximum absolute atomic E-state index is 3.73. The number of hydrogen-bond donors (Lipinski definition) is 1. The Hall–Kier alpha value is -0.380. The fourth-order valence-electron chi connectivity index (χ4n) is 2.03. The van der Waals surface area contributed by atoms with Crippen LogP contribution in [0.15, 0.2) is 41.8 Å². The van der Waals surface area contributed by atoms with Gasteiger partial charge >= 0.3 is 0 Å². The molecule has 92 valence electrons. The van der Waals surface area contributed by atoms with E-state index < -0.39 is 0 Å². The first-order valence-corrected chi connectivity index (χ1v) is 8.19. The van der Waals surface area contributed by atoms with Gasteiger partial charge in [-0.25, -0.2) is 0 Å². The number of hydrogen-bond acceptors (Lipinski definition) is 3. The minimum absolute atomic E-state index is 0.553. The lowest BCUT2D eigenvalue weighted by Gasteiger charge is -2.25. The number of nitrogens with one attached hydrogen (secondary N) is 1. The van der Waals surface area contributed by atoms with Gasteiger partial charge < -0.3 is 5.32 Å². The minimum Gasteiger partial charge on any atom is -0.309 e. The molecule has 0 fully saturated rings. The summed E-state index contributed by atoms with van der Waals surface area (Å²) in [4.78, 5) is 1.45. The molecular weight excluding hydrogens is 246 g/mol. The second-order valence-electron chi connectivity index (χ2n) is 4.05. The van der Waals surface area contributed by atoms with Crippen LogP contribution >= 0.6 is 23.5 Å². The summed E-state index contributed by atoms with van der Waals surface area (Å²) in [5, 5.41) is 3.67. The van der Waals surface area contributed by atoms with Crippen molar-refractivity contribution in [3.63, 3.8) is 0 Å². The molecule has 0 aliphatic carbocycles. The molecule has 0 radical (unpaired) electrons. The summed E-state index contributed by atoms with van der Waals surface area (Å²) in [6.45, 7) is 4.82. The van der Waals surface area contributed by atoms with Crippen LogP contribution in [0.4, 0.5) is 0 Å². The standard InChI is InChI=1S/C14H19NS2/c1-2-9-16-11-8-15-13-7-10-17-14-6-4-3-5-12(13)14/h2-6,13,15H,1,7-11H2. The van der Waals surface area contributed by atoms with Crippen molar-refractivity contribution in [3.05, 3.63) is 42.5 Å². The van der Waals surface area contributed by atoms with Gasteiger partial charge in [-0.2, -0.15) is 11.8 Å². The molecule has 3 heteroatoms. The van der Waals surface area contributed by atoms with Crippen molar-refractivity contribution in [3.8, 4) is 0 Å². The van der Waals surface area contributed by atoms with Crippen LogP contribution in [0.1, 0.15) is 18.0 Å². The van der Waals surface area contributed by atoms with Gasteiger partial charge in [0.1, 0.15) is 0 Å². The fourth-order valence-corrected chi connectivity index (χ4v) is 3.75. The molecule has 2 rings (SSSR count). The summed E-state index contributed by atoms with van der Waals surface area (Å²) in [7, 11) is 0. The Morgan fingerprint density at radius 3 is 3.24 bits per heavy atom. The van der Waals surface area contributed by atoms with E-state index >= 15 is 0 Å². The molecule has 0 saturated carbocycles. The van der Waals surface area contributed by atoms with Crippen LogP contribution in [0.2, 0.25) is 0 Å². The van der Waals surface area contributed by atoms with Crippen molar-refractivity contribution >= 4 is 23.5 Å². The molecule has 1 aromatic rings. The predicted molar refractivity (Wildman–Crippen MR) is 80.0 cm³/mol. The second kappa shape index (κ2) is 7.14. The van der Waals surface area contributed by atoms with E-state index in [4.69, 9.17) is 0 Å². The molecule has 1 heterocycles. The van der Waals surface area contributed by atoms with Gasteiger partial charge in [0.05, 0.1) is 0 Å². The lowest BCUT2D eigenvalue weighted by molar-refractivity contribution is 0.530. The first kappa shape index (κ1) is 13.1. The van der Waals surface area contributed by atoms with Crippen molar-refractivity contribution in [2.24, 2.45) is 0 Å². The smallest absolute Gasteiger partial charge is 0.0339 e. The Balaban J connectivity index is 1.84. The maximum Gasteiger partial charge on any atom is 0.0339 e. The third kappa shape index (κ3) is 3.80. The van der Waals surface area contributed by atoms with Gasteiger partial charge in [0.2, 0.25) is 0 Å². The van der Waals surface area contributed by atoms with E-state index in [1.54, 1.807) is 0 Å². The SMILES string of the molecule is C=CCSCCNC1CCSc2ccccc21. The molecular formula is C14H19NS2. The normalized spacial score (nSPS) is 18.7. The summed E-state index contributed by atoms with van der Waals surface area (Å²) in [5.41, 5.74) is 1.48. The van der Waals surface area contributed by atoms with E-state index in [0.717, 1.165) is 18.1 Å². The average molecular weight is 265 g/mol. The number of fused-ring (bicyclic) bond motifs is 1. The Bertz CT molecular complexity index is 365. The number of benzene rings is 1. The lowest BCUT2D eigenvalue weighted by atomic mass is 10.0. The van der Waals surface area contributed by atoms with Gasteiger partial charge in [-0.15, -0.1) is 18.3 Å². The summed E-state index contributed by atoms with van der Waals surface area (Å²) in [6.07, 6.45) is 3.21. The van der Waals surface area contributed by atoms with Crippen LogP contribution in [0.5, 0.6) is 0 Å². The molecule has 0 bridgehead atoms. The molecule has 1 aliphatic heterocycles. The molecule has 1 aromatic carbocycles. The van der Waals surface area contributed by atoms with Crippen molar-refractivity contribution < 1.29 is 0 Å². The zero-order chi connectivity index (χ0) is 11.9. The highest BCUT2D eigenvalue weighted by molar-refractivity contribution is 7.99. The van der Waals surface area contributed by atoms with E-state index in [2.05, 4.69) is 36.2 Å². The van der Waals surface area contributed by atoms with Crippen molar-refractivity contribution in [2.45, 2.75) is 17.4 Å². The van der Waals surface area contributed by atoms with Crippen LogP contribution in [0, 0.1) is 0 Å². The quantitative estimate of drug-likeness (QED) is 0.622. The van der Waals surface area contributed by atoms with Crippen LogP contribution in [0.25, 0.3) is 0 Å². The fraction of sp³-hybridized carbons (Fsp3) is 0.429. The number of rotatable bonds is 6. The molecule has 1 aliphatic rings. The molecule has 0 aromatic heterocycles. The van der Waals surface area contributed by atoms with Crippen LogP contribution in [0.3, 0.4) is 0 Å². The summed E-state index contributed by atoms with van der Waals surface area (Å²) in [5.74, 6) is 3.45. The highest BCUT2D eigenvalue weighted by atomic mass is 32.2. The van der Waals surface area contributed by atoms with Crippen LogP contribution in [-0.2, 0) is 0 Å². The maximum atomic E-state index is 3.73. The minimum atomic E-state index is 0.553. The molecule has 1 nitrogen and oxygen atoms in total. The molecule has 1 atom stereocenters. The summed E-state index contributed by atoms with van der Waals surface area (Å²) >= 11 is 3.92. The zero-order valence-corrected chi connectivity index (χ0v) is 11.7. The summed E-state index contributed by atoms with van der Waals surface area (Å²) < 4.78 is 0. The Labute approximate surface area is 112 Å². The first-order chi connectivity index (χ1) is 8.42. The highest BCUT2D eigenvalue weighted by Gasteiger charge is 2.18. The predicted octanol–water partition coefficient (Wildman–Crippen LogP) is 3.73. The van der Waals surface area contributed by atoms with Crippen LogP contribution in [-0.4, -0.2) is 23.8 Å². The molecule has 1 unspecified atom stereocenters. The molecule has 17 heavy (non-hydrogen) atoms. The Kier molecular flexibility index (Phi) is 5.49.